The Morgan fingerprint density at radius 1 is 1.14 bits per heavy atom. The standard InChI is InChI=1S/C24H22ClN3O6S/c1-13-7-16(22(31)27-11-14-3-2-4-17(29)8-14)9-18(25)21(13)23(32)28(26)19(24(33)34)10-20(30)15-5-6-35-12-15/h2-9,12,19,29H,10-11,26H2,1H3,(H,27,31)(H,33,34)/t19-/m0/s1. The molecule has 3 rings (SSSR count). The van der Waals surface area contributed by atoms with E-state index in [1.807, 2.05) is 0 Å². The lowest BCUT2D eigenvalue weighted by Gasteiger charge is -2.25. The highest BCUT2D eigenvalue weighted by molar-refractivity contribution is 7.08. The third-order valence-electron chi connectivity index (χ3n) is 5.20. The molecule has 0 aliphatic heterocycles. The van der Waals surface area contributed by atoms with Crippen molar-refractivity contribution in [3.05, 3.63) is 86.1 Å². The van der Waals surface area contributed by atoms with Crippen LogP contribution in [0.25, 0.3) is 0 Å². The van der Waals surface area contributed by atoms with Gasteiger partial charge in [-0.15, -0.1) is 0 Å². The minimum atomic E-state index is -1.62. The van der Waals surface area contributed by atoms with Gasteiger partial charge in [-0.3, -0.25) is 19.4 Å². The maximum absolute atomic E-state index is 13.0. The van der Waals surface area contributed by atoms with E-state index in [1.54, 1.807) is 29.0 Å². The van der Waals surface area contributed by atoms with Crippen molar-refractivity contribution < 1.29 is 29.4 Å². The molecule has 1 heterocycles. The molecule has 0 spiro atoms. The average molecular weight is 516 g/mol. The summed E-state index contributed by atoms with van der Waals surface area (Å²) in [4.78, 5) is 49.8. The molecule has 0 unspecified atom stereocenters. The van der Waals surface area contributed by atoms with Crippen molar-refractivity contribution >= 4 is 46.5 Å². The lowest BCUT2D eigenvalue weighted by molar-refractivity contribution is -0.142. The van der Waals surface area contributed by atoms with Gasteiger partial charge in [-0.1, -0.05) is 23.7 Å². The predicted octanol–water partition coefficient (Wildman–Crippen LogP) is 3.39. The quantitative estimate of drug-likeness (QED) is 0.148. The fraction of sp³-hybridized carbons (Fsp3) is 0.167. The number of hydrogen-bond acceptors (Lipinski definition) is 7. The molecule has 3 aromatic rings. The number of carboxylic acids is 1. The first-order valence-electron chi connectivity index (χ1n) is 10.3. The van der Waals surface area contributed by atoms with Crippen molar-refractivity contribution in [2.45, 2.75) is 25.9 Å². The van der Waals surface area contributed by atoms with E-state index >= 15 is 0 Å². The highest BCUT2D eigenvalue weighted by atomic mass is 35.5. The lowest BCUT2D eigenvalue weighted by Crippen LogP contribution is -2.50. The Labute approximate surface area is 209 Å². The molecule has 0 radical (unpaired) electrons. The fourth-order valence-electron chi connectivity index (χ4n) is 3.39. The molecule has 0 bridgehead atoms. The maximum Gasteiger partial charge on any atom is 0.328 e. The fourth-order valence-corrected chi connectivity index (χ4v) is 4.40. The largest absolute Gasteiger partial charge is 0.508 e. The number of phenolic OH excluding ortho intramolecular Hbond substituents is 1. The van der Waals surface area contributed by atoms with Crippen LogP contribution in [0.3, 0.4) is 0 Å². The Morgan fingerprint density at radius 2 is 1.89 bits per heavy atom. The second-order valence-corrected chi connectivity index (χ2v) is 8.90. The van der Waals surface area contributed by atoms with Gasteiger partial charge in [0.25, 0.3) is 11.8 Å². The number of nitrogens with zero attached hydrogens (tertiary/aromatic N) is 1. The molecule has 11 heteroatoms. The van der Waals surface area contributed by atoms with Gasteiger partial charge in [0.15, 0.2) is 11.8 Å². The van der Waals surface area contributed by atoms with E-state index in [9.17, 15) is 29.4 Å². The smallest absolute Gasteiger partial charge is 0.328 e. The number of Topliss-reactive ketones (excluding diaryl/α,β-unsaturated/α-hetero) is 1. The molecule has 0 aliphatic carbocycles. The van der Waals surface area contributed by atoms with Crippen molar-refractivity contribution in [3.63, 3.8) is 0 Å². The number of nitrogens with two attached hydrogens (primary N) is 1. The molecule has 0 aliphatic rings. The molecule has 2 aromatic carbocycles. The number of aromatic hydroxyl groups is 1. The maximum atomic E-state index is 13.0. The summed E-state index contributed by atoms with van der Waals surface area (Å²) in [6, 6.07) is 9.05. The van der Waals surface area contributed by atoms with E-state index in [2.05, 4.69) is 5.32 Å². The predicted molar refractivity (Wildman–Crippen MR) is 131 cm³/mol. The van der Waals surface area contributed by atoms with E-state index in [0.717, 1.165) is 0 Å². The van der Waals surface area contributed by atoms with Crippen LogP contribution in [-0.2, 0) is 11.3 Å². The zero-order valence-electron chi connectivity index (χ0n) is 18.5. The monoisotopic (exact) mass is 515 g/mol. The summed E-state index contributed by atoms with van der Waals surface area (Å²) in [5, 5.41) is 25.5. The number of carboxylic acid groups (broad SMARTS) is 1. The number of amides is 2. The highest BCUT2D eigenvalue weighted by Gasteiger charge is 2.32. The van der Waals surface area contributed by atoms with Gasteiger partial charge in [-0.05, 0) is 53.8 Å². The molecule has 0 fully saturated rings. The zero-order valence-corrected chi connectivity index (χ0v) is 20.1. The number of carbonyl (C=O) groups excluding carboxylic acids is 3. The topological polar surface area (TPSA) is 150 Å². The van der Waals surface area contributed by atoms with Gasteiger partial charge in [0.2, 0.25) is 0 Å². The summed E-state index contributed by atoms with van der Waals surface area (Å²) >= 11 is 7.58. The van der Waals surface area contributed by atoms with Crippen molar-refractivity contribution in [1.82, 2.24) is 10.3 Å². The van der Waals surface area contributed by atoms with E-state index < -0.39 is 36.0 Å². The third kappa shape index (κ3) is 6.24. The number of halogens is 1. The summed E-state index contributed by atoms with van der Waals surface area (Å²) in [7, 11) is 0. The SMILES string of the molecule is Cc1cc(C(=O)NCc2cccc(O)c2)cc(Cl)c1C(=O)N(N)[C@@H](CC(=O)c1ccsc1)C(=O)O. The van der Waals surface area contributed by atoms with E-state index in [4.69, 9.17) is 17.4 Å². The van der Waals surface area contributed by atoms with Crippen molar-refractivity contribution in [2.75, 3.05) is 0 Å². The molecule has 5 N–H and O–H groups in total. The van der Waals surface area contributed by atoms with Gasteiger partial charge in [-0.25, -0.2) is 10.6 Å². The number of aliphatic carboxylic acids is 1. The van der Waals surface area contributed by atoms with Gasteiger partial charge in [-0.2, -0.15) is 11.3 Å². The zero-order chi connectivity index (χ0) is 25.7. The number of phenols is 1. The summed E-state index contributed by atoms with van der Waals surface area (Å²) in [6.45, 7) is 1.69. The minimum Gasteiger partial charge on any atom is -0.508 e. The van der Waals surface area contributed by atoms with Gasteiger partial charge in [0.1, 0.15) is 5.75 Å². The second-order valence-electron chi connectivity index (χ2n) is 7.71. The van der Waals surface area contributed by atoms with E-state index in [-0.39, 0.29) is 28.4 Å². The lowest BCUT2D eigenvalue weighted by atomic mass is 10.0. The molecule has 1 aromatic heterocycles. The molecular formula is C24H22ClN3O6S. The van der Waals surface area contributed by atoms with Crippen LogP contribution in [0.4, 0.5) is 0 Å². The summed E-state index contributed by atoms with van der Waals surface area (Å²) in [5.41, 5.74) is 1.41. The van der Waals surface area contributed by atoms with Gasteiger partial charge >= 0.3 is 5.97 Å². The van der Waals surface area contributed by atoms with E-state index in [1.165, 1.54) is 42.5 Å². The Morgan fingerprint density at radius 3 is 2.49 bits per heavy atom. The Balaban J connectivity index is 1.76. The number of ketones is 1. The number of benzene rings is 2. The van der Waals surface area contributed by atoms with Crippen molar-refractivity contribution in [1.29, 1.82) is 0 Å². The molecule has 0 saturated carbocycles. The van der Waals surface area contributed by atoms with Gasteiger partial charge < -0.3 is 15.5 Å². The first-order valence-corrected chi connectivity index (χ1v) is 11.6. The summed E-state index contributed by atoms with van der Waals surface area (Å²) in [6.07, 6.45) is -0.513. The number of carbonyl (C=O) groups is 4. The van der Waals surface area contributed by atoms with Gasteiger partial charge in [0, 0.05) is 29.5 Å². The van der Waals surface area contributed by atoms with Crippen LogP contribution in [0.15, 0.2) is 53.2 Å². The second kappa shape index (κ2) is 11.1. The number of rotatable bonds is 9. The molecule has 9 nitrogen and oxygen atoms in total. The van der Waals surface area contributed by atoms with Crippen LogP contribution in [-0.4, -0.2) is 44.8 Å². The van der Waals surface area contributed by atoms with Gasteiger partial charge in [0.05, 0.1) is 10.6 Å². The molecular weight excluding hydrogens is 494 g/mol. The first kappa shape index (κ1) is 25.9. The molecule has 0 saturated heterocycles. The number of nitrogens with one attached hydrogen (secondary N) is 1. The van der Waals surface area contributed by atoms with Crippen LogP contribution >= 0.6 is 22.9 Å². The van der Waals surface area contributed by atoms with Crippen LogP contribution < -0.4 is 11.2 Å². The average Bonchev–Trinajstić information content (AvgIpc) is 3.35. The Bertz CT molecular complexity index is 1260. The van der Waals surface area contributed by atoms with Crippen LogP contribution in [0.5, 0.6) is 5.75 Å². The minimum absolute atomic E-state index is 0.0709. The van der Waals surface area contributed by atoms with Crippen LogP contribution in [0.2, 0.25) is 5.02 Å². The Kier molecular flexibility index (Phi) is 8.23. The molecule has 2 amide bonds. The van der Waals surface area contributed by atoms with Crippen LogP contribution in [0, 0.1) is 6.92 Å². The van der Waals surface area contributed by atoms with Crippen LogP contribution in [0.1, 0.15) is 48.6 Å². The normalized spacial score (nSPS) is 11.5. The highest BCUT2D eigenvalue weighted by Crippen LogP contribution is 2.25. The van der Waals surface area contributed by atoms with Crippen molar-refractivity contribution in [3.8, 4) is 5.75 Å². The first-order chi connectivity index (χ1) is 16.6. The number of aryl methyl sites for hydroxylation is 1. The number of hydrogen-bond donors (Lipinski definition) is 4. The number of hydrazine groups is 1. The Hall–Kier alpha value is -3.73. The van der Waals surface area contributed by atoms with E-state index in [0.29, 0.717) is 21.7 Å². The van der Waals surface area contributed by atoms with Crippen molar-refractivity contribution in [2.24, 2.45) is 5.84 Å². The number of thiophene rings is 1. The summed E-state index contributed by atoms with van der Waals surface area (Å²) < 4.78 is 0. The molecule has 1 atom stereocenters. The molecule has 182 valence electrons. The third-order valence-corrected chi connectivity index (χ3v) is 6.19. The summed E-state index contributed by atoms with van der Waals surface area (Å²) in [5.74, 6) is 2.65. The molecule has 35 heavy (non-hydrogen) atoms.